The number of nitro groups is 1. The molecule has 6 heteroatoms. The van der Waals surface area contributed by atoms with Crippen molar-refractivity contribution in [1.82, 2.24) is 5.06 Å². The molecule has 1 aromatic rings. The normalized spacial score (nSPS) is 21.4. The highest BCUT2D eigenvalue weighted by atomic mass is 16.7. The molecular weight excluding hydrogens is 236 g/mol. The summed E-state index contributed by atoms with van der Waals surface area (Å²) in [5.41, 5.74) is 1.03. The first-order valence-electron chi connectivity index (χ1n) is 5.60. The molecule has 18 heavy (non-hydrogen) atoms. The SMILES string of the molecule is CON(C)C(=O)[C@@H]1C[C@@H]1c1ccc([N+](=O)[O-])cc1. The first kappa shape index (κ1) is 12.5. The number of carbonyl (C=O) groups excluding carboxylic acids is 1. The fraction of sp³-hybridized carbons (Fsp3) is 0.417. The van der Waals surface area contributed by atoms with Crippen molar-refractivity contribution in [2.24, 2.45) is 5.92 Å². The number of carbonyl (C=O) groups is 1. The molecule has 2 atom stereocenters. The lowest BCUT2D eigenvalue weighted by atomic mass is 10.1. The van der Waals surface area contributed by atoms with Crippen LogP contribution in [0.3, 0.4) is 0 Å². The van der Waals surface area contributed by atoms with Crippen molar-refractivity contribution in [1.29, 1.82) is 0 Å². The first-order chi connectivity index (χ1) is 8.54. The summed E-state index contributed by atoms with van der Waals surface area (Å²) in [5, 5.41) is 11.7. The predicted molar refractivity (Wildman–Crippen MR) is 63.7 cm³/mol. The molecule has 6 nitrogen and oxygen atoms in total. The number of benzene rings is 1. The van der Waals surface area contributed by atoms with Crippen LogP contribution >= 0.6 is 0 Å². The Morgan fingerprint density at radius 2 is 2.06 bits per heavy atom. The molecule has 1 fully saturated rings. The van der Waals surface area contributed by atoms with Gasteiger partial charge >= 0.3 is 0 Å². The Hall–Kier alpha value is -1.95. The van der Waals surface area contributed by atoms with Gasteiger partial charge in [0.2, 0.25) is 5.91 Å². The van der Waals surface area contributed by atoms with Crippen molar-refractivity contribution < 1.29 is 14.6 Å². The van der Waals surface area contributed by atoms with Gasteiger partial charge in [0.1, 0.15) is 0 Å². The molecule has 0 radical (unpaired) electrons. The van der Waals surface area contributed by atoms with Crippen LogP contribution in [0.1, 0.15) is 17.9 Å². The summed E-state index contributed by atoms with van der Waals surface area (Å²) < 4.78 is 0. The third-order valence-electron chi connectivity index (χ3n) is 3.22. The Morgan fingerprint density at radius 1 is 1.44 bits per heavy atom. The third kappa shape index (κ3) is 2.33. The summed E-state index contributed by atoms with van der Waals surface area (Å²) in [6, 6.07) is 6.36. The van der Waals surface area contributed by atoms with Crippen molar-refractivity contribution in [3.8, 4) is 0 Å². The summed E-state index contributed by atoms with van der Waals surface area (Å²) in [6.45, 7) is 0. The summed E-state index contributed by atoms with van der Waals surface area (Å²) in [5.74, 6) is 0.0214. The second-order valence-corrected chi connectivity index (χ2v) is 4.32. The summed E-state index contributed by atoms with van der Waals surface area (Å²) in [6.07, 6.45) is 0.768. The average Bonchev–Trinajstić information content (AvgIpc) is 3.17. The summed E-state index contributed by atoms with van der Waals surface area (Å²) >= 11 is 0. The number of hydroxylamine groups is 2. The zero-order chi connectivity index (χ0) is 13.3. The van der Waals surface area contributed by atoms with Crippen molar-refractivity contribution in [2.75, 3.05) is 14.2 Å². The number of nitrogens with zero attached hydrogens (tertiary/aromatic N) is 2. The molecule has 0 bridgehead atoms. The number of amides is 1. The zero-order valence-electron chi connectivity index (χ0n) is 10.2. The highest BCUT2D eigenvalue weighted by Gasteiger charge is 2.45. The summed E-state index contributed by atoms with van der Waals surface area (Å²) in [4.78, 5) is 26.7. The van der Waals surface area contributed by atoms with E-state index in [1.54, 1.807) is 19.2 Å². The van der Waals surface area contributed by atoms with E-state index in [2.05, 4.69) is 0 Å². The Labute approximate surface area is 104 Å². The predicted octanol–water partition coefficient (Wildman–Crippen LogP) is 1.72. The van der Waals surface area contributed by atoms with E-state index < -0.39 is 4.92 Å². The van der Waals surface area contributed by atoms with Gasteiger partial charge < -0.3 is 0 Å². The van der Waals surface area contributed by atoms with Crippen molar-refractivity contribution >= 4 is 11.6 Å². The molecular formula is C12H14N2O4. The molecule has 0 aromatic heterocycles. The molecule has 0 saturated heterocycles. The number of hydrogen-bond acceptors (Lipinski definition) is 4. The van der Waals surface area contributed by atoms with E-state index in [0.717, 1.165) is 12.0 Å². The number of nitro benzene ring substituents is 1. The molecule has 1 saturated carbocycles. The number of hydrogen-bond donors (Lipinski definition) is 0. The maximum Gasteiger partial charge on any atom is 0.269 e. The van der Waals surface area contributed by atoms with E-state index in [4.69, 9.17) is 4.84 Å². The zero-order valence-corrected chi connectivity index (χ0v) is 10.2. The molecule has 0 aliphatic heterocycles. The molecule has 96 valence electrons. The molecule has 0 N–H and O–H groups in total. The summed E-state index contributed by atoms with van der Waals surface area (Å²) in [7, 11) is 3.02. The molecule has 2 rings (SSSR count). The minimum atomic E-state index is -0.433. The maximum absolute atomic E-state index is 11.8. The smallest absolute Gasteiger partial charge is 0.269 e. The van der Waals surface area contributed by atoms with Gasteiger partial charge in [-0.15, -0.1) is 0 Å². The number of rotatable bonds is 4. The van der Waals surface area contributed by atoms with E-state index in [1.165, 1.54) is 24.3 Å². The highest BCUT2D eigenvalue weighted by molar-refractivity contribution is 5.81. The topological polar surface area (TPSA) is 72.7 Å². The van der Waals surface area contributed by atoms with Crippen LogP contribution in [0.15, 0.2) is 24.3 Å². The lowest BCUT2D eigenvalue weighted by molar-refractivity contribution is -0.384. The van der Waals surface area contributed by atoms with Crippen molar-refractivity contribution in [3.63, 3.8) is 0 Å². The lowest BCUT2D eigenvalue weighted by Crippen LogP contribution is -2.27. The standard InChI is InChI=1S/C12H14N2O4/c1-13(18-2)12(15)11-7-10(11)8-3-5-9(6-4-8)14(16)17/h3-6,10-11H,7H2,1-2H3/t10-,11-/m1/s1. The van der Waals surface area contributed by atoms with E-state index in [-0.39, 0.29) is 23.4 Å². The van der Waals surface area contributed by atoms with Crippen LogP contribution in [0, 0.1) is 16.0 Å². The van der Waals surface area contributed by atoms with Crippen LogP contribution < -0.4 is 0 Å². The second kappa shape index (κ2) is 4.73. The van der Waals surface area contributed by atoms with Crippen molar-refractivity contribution in [2.45, 2.75) is 12.3 Å². The molecule has 1 aliphatic rings. The first-order valence-corrected chi connectivity index (χ1v) is 5.60. The second-order valence-electron chi connectivity index (χ2n) is 4.32. The third-order valence-corrected chi connectivity index (χ3v) is 3.22. The molecule has 1 aromatic carbocycles. The largest absolute Gasteiger partial charge is 0.275 e. The van der Waals surface area contributed by atoms with Gasteiger partial charge in [-0.25, -0.2) is 5.06 Å². The van der Waals surface area contributed by atoms with Crippen LogP contribution in [-0.2, 0) is 9.63 Å². The van der Waals surface area contributed by atoms with Crippen LogP contribution in [0.4, 0.5) is 5.69 Å². The fourth-order valence-electron chi connectivity index (χ4n) is 2.00. The monoisotopic (exact) mass is 250 g/mol. The highest BCUT2D eigenvalue weighted by Crippen LogP contribution is 2.48. The molecule has 0 unspecified atom stereocenters. The van der Waals surface area contributed by atoms with E-state index in [0.29, 0.717) is 0 Å². The Morgan fingerprint density at radius 3 is 2.56 bits per heavy atom. The van der Waals surface area contributed by atoms with Crippen LogP contribution in [-0.4, -0.2) is 30.1 Å². The lowest BCUT2D eigenvalue weighted by Gasteiger charge is -2.13. The molecule has 1 amide bonds. The fourth-order valence-corrected chi connectivity index (χ4v) is 2.00. The van der Waals surface area contributed by atoms with Crippen molar-refractivity contribution in [3.05, 3.63) is 39.9 Å². The van der Waals surface area contributed by atoms with Gasteiger partial charge in [0, 0.05) is 25.1 Å². The maximum atomic E-state index is 11.8. The van der Waals surface area contributed by atoms with Crippen LogP contribution in [0.2, 0.25) is 0 Å². The van der Waals surface area contributed by atoms with Crippen LogP contribution in [0.5, 0.6) is 0 Å². The quantitative estimate of drug-likeness (QED) is 0.602. The molecule has 1 aliphatic carbocycles. The van der Waals surface area contributed by atoms with Gasteiger partial charge in [-0.3, -0.25) is 19.7 Å². The minimum Gasteiger partial charge on any atom is -0.275 e. The van der Waals surface area contributed by atoms with E-state index in [9.17, 15) is 14.9 Å². The van der Waals surface area contributed by atoms with E-state index >= 15 is 0 Å². The van der Waals surface area contributed by atoms with Gasteiger partial charge in [0.05, 0.1) is 12.0 Å². The van der Waals surface area contributed by atoms with Gasteiger partial charge in [0.25, 0.3) is 5.69 Å². The Balaban J connectivity index is 2.03. The van der Waals surface area contributed by atoms with Gasteiger partial charge in [-0.1, -0.05) is 12.1 Å². The Bertz CT molecular complexity index is 471. The van der Waals surface area contributed by atoms with E-state index in [1.807, 2.05) is 0 Å². The molecule has 0 spiro atoms. The Kier molecular flexibility index (Phi) is 3.29. The average molecular weight is 250 g/mol. The van der Waals surface area contributed by atoms with Crippen LogP contribution in [0.25, 0.3) is 0 Å². The molecule has 0 heterocycles. The minimum absolute atomic E-state index is 0.0548. The van der Waals surface area contributed by atoms with Gasteiger partial charge in [-0.2, -0.15) is 0 Å². The number of non-ortho nitro benzene ring substituents is 1. The van der Waals surface area contributed by atoms with Gasteiger partial charge in [0.15, 0.2) is 0 Å². The van der Waals surface area contributed by atoms with Gasteiger partial charge in [-0.05, 0) is 17.9 Å².